The molecule has 0 unspecified atom stereocenters. The molecule has 1 aromatic heterocycles. The fraction of sp³-hybridized carbons (Fsp3) is 0.286. The highest BCUT2D eigenvalue weighted by Crippen LogP contribution is 2.27. The first-order valence-electron chi connectivity index (χ1n) is 6.20. The number of aromatic nitrogens is 2. The molecule has 1 fully saturated rings. The third kappa shape index (κ3) is 3.04. The van der Waals surface area contributed by atoms with Crippen LogP contribution in [0.3, 0.4) is 0 Å². The Labute approximate surface area is 132 Å². The minimum atomic E-state index is 0. The summed E-state index contributed by atoms with van der Waals surface area (Å²) in [5.74, 6) is 1.00. The number of hydrogen-bond donors (Lipinski definition) is 2. The summed E-state index contributed by atoms with van der Waals surface area (Å²) in [5.41, 5.74) is 2.11. The summed E-state index contributed by atoms with van der Waals surface area (Å²) in [5, 5.41) is 12.2. The van der Waals surface area contributed by atoms with E-state index in [1.165, 1.54) is 0 Å². The highest BCUT2D eigenvalue weighted by atomic mass is 79.9. The molecule has 1 aliphatic rings. The average molecular weight is 354 g/mol. The third-order valence-electron chi connectivity index (χ3n) is 3.39. The Balaban J connectivity index is 0.00000147. The van der Waals surface area contributed by atoms with Gasteiger partial charge < -0.3 is 10.3 Å². The number of hydrogen-bond acceptors (Lipinski definition) is 3. The second-order valence-electron chi connectivity index (χ2n) is 4.71. The molecule has 20 heavy (non-hydrogen) atoms. The summed E-state index contributed by atoms with van der Waals surface area (Å²) in [4.78, 5) is 7.76. The van der Waals surface area contributed by atoms with E-state index in [1.54, 1.807) is 0 Å². The molecule has 2 aromatic rings. The second-order valence-corrected chi connectivity index (χ2v) is 5.63. The Bertz CT molecular complexity index is 617. The summed E-state index contributed by atoms with van der Waals surface area (Å²) in [6.07, 6.45) is 2.67. The van der Waals surface area contributed by atoms with E-state index in [4.69, 9.17) is 5.26 Å². The van der Waals surface area contributed by atoms with Crippen LogP contribution in [0.4, 0.5) is 0 Å². The minimum Gasteiger partial charge on any atom is -0.341 e. The van der Waals surface area contributed by atoms with Gasteiger partial charge in [0.15, 0.2) is 0 Å². The van der Waals surface area contributed by atoms with Crippen molar-refractivity contribution in [3.05, 3.63) is 40.8 Å². The van der Waals surface area contributed by atoms with Crippen molar-refractivity contribution >= 4 is 28.3 Å². The van der Waals surface area contributed by atoms with Crippen LogP contribution in [0.5, 0.6) is 0 Å². The summed E-state index contributed by atoms with van der Waals surface area (Å²) in [6.45, 7) is 0.746. The normalized spacial score (nSPS) is 21.2. The van der Waals surface area contributed by atoms with Gasteiger partial charge in [-0.3, -0.25) is 0 Å². The molecule has 0 radical (unpaired) electrons. The van der Waals surface area contributed by atoms with Crippen molar-refractivity contribution in [2.45, 2.75) is 12.5 Å². The molecule has 1 aliphatic heterocycles. The fourth-order valence-corrected chi connectivity index (χ4v) is 2.60. The Kier molecular flexibility index (Phi) is 4.81. The largest absolute Gasteiger partial charge is 0.341 e. The number of benzene rings is 1. The maximum Gasteiger partial charge on any atom is 0.123 e. The predicted molar refractivity (Wildman–Crippen MR) is 83.4 cm³/mol. The molecule has 0 saturated carbocycles. The van der Waals surface area contributed by atoms with Crippen molar-refractivity contribution in [2.24, 2.45) is 5.92 Å². The number of nitriles is 1. The molecular formula is C14H14BrClN4. The quantitative estimate of drug-likeness (QED) is 0.869. The number of H-pyrrole nitrogens is 1. The number of halogens is 2. The van der Waals surface area contributed by atoms with Crippen molar-refractivity contribution < 1.29 is 0 Å². The number of nitrogens with one attached hydrogen (secondary N) is 2. The van der Waals surface area contributed by atoms with Gasteiger partial charge >= 0.3 is 0 Å². The first kappa shape index (κ1) is 15.0. The number of aromatic amines is 1. The molecule has 3 rings (SSSR count). The van der Waals surface area contributed by atoms with Gasteiger partial charge in [-0.15, -0.1) is 12.4 Å². The van der Waals surface area contributed by atoms with Crippen molar-refractivity contribution in [1.82, 2.24) is 15.3 Å². The van der Waals surface area contributed by atoms with E-state index < -0.39 is 0 Å². The molecule has 0 amide bonds. The van der Waals surface area contributed by atoms with Crippen LogP contribution in [-0.4, -0.2) is 16.5 Å². The van der Waals surface area contributed by atoms with Crippen LogP contribution in [0, 0.1) is 17.2 Å². The highest BCUT2D eigenvalue weighted by molar-refractivity contribution is 9.10. The third-order valence-corrected chi connectivity index (χ3v) is 3.92. The summed E-state index contributed by atoms with van der Waals surface area (Å²) in [6, 6.07) is 10.6. The smallest absolute Gasteiger partial charge is 0.123 e. The van der Waals surface area contributed by atoms with Gasteiger partial charge in [0, 0.05) is 11.0 Å². The number of nitrogens with zero attached hydrogens (tertiary/aromatic N) is 2. The van der Waals surface area contributed by atoms with E-state index in [9.17, 15) is 0 Å². The van der Waals surface area contributed by atoms with Crippen LogP contribution >= 0.6 is 28.3 Å². The topological polar surface area (TPSA) is 64.5 Å². The first-order chi connectivity index (χ1) is 9.26. The predicted octanol–water partition coefficient (Wildman–Crippen LogP) is 3.44. The molecule has 2 atom stereocenters. The lowest BCUT2D eigenvalue weighted by atomic mass is 10.1. The van der Waals surface area contributed by atoms with E-state index in [0.29, 0.717) is 0 Å². The Morgan fingerprint density at radius 1 is 1.30 bits per heavy atom. The number of imidazole rings is 1. The Hall–Kier alpha value is -1.35. The zero-order valence-corrected chi connectivity index (χ0v) is 13.0. The summed E-state index contributed by atoms with van der Waals surface area (Å²) < 4.78 is 1.06. The lowest BCUT2D eigenvalue weighted by Crippen LogP contribution is -2.14. The van der Waals surface area contributed by atoms with Gasteiger partial charge in [-0.25, -0.2) is 4.98 Å². The second kappa shape index (κ2) is 6.40. The maximum atomic E-state index is 8.91. The molecule has 2 N–H and O–H groups in total. The average Bonchev–Trinajstić information content (AvgIpc) is 3.08. The maximum absolute atomic E-state index is 8.91. The summed E-state index contributed by atoms with van der Waals surface area (Å²) in [7, 11) is 0. The van der Waals surface area contributed by atoms with Gasteiger partial charge in [0.1, 0.15) is 5.82 Å². The van der Waals surface area contributed by atoms with E-state index in [2.05, 4.69) is 37.3 Å². The molecule has 0 aliphatic carbocycles. The van der Waals surface area contributed by atoms with Crippen LogP contribution in [0.25, 0.3) is 11.3 Å². The van der Waals surface area contributed by atoms with Crippen molar-refractivity contribution in [3.63, 3.8) is 0 Å². The molecule has 1 aromatic carbocycles. The van der Waals surface area contributed by atoms with Crippen LogP contribution < -0.4 is 5.32 Å². The first-order valence-corrected chi connectivity index (χ1v) is 6.99. The lowest BCUT2D eigenvalue weighted by Gasteiger charge is -2.05. The molecule has 4 nitrogen and oxygen atoms in total. The van der Waals surface area contributed by atoms with Gasteiger partial charge in [0.2, 0.25) is 0 Å². The van der Waals surface area contributed by atoms with Crippen LogP contribution in [0.2, 0.25) is 0 Å². The van der Waals surface area contributed by atoms with Gasteiger partial charge in [-0.05, 0) is 24.1 Å². The zero-order chi connectivity index (χ0) is 13.2. The SMILES string of the molecule is Cl.N#C[C@H]1CN[C@H](c2ncc(-c3ccc(Br)cc3)[nH]2)C1. The van der Waals surface area contributed by atoms with Gasteiger partial charge in [-0.1, -0.05) is 28.1 Å². The van der Waals surface area contributed by atoms with Crippen LogP contribution in [0.15, 0.2) is 34.9 Å². The Morgan fingerprint density at radius 3 is 2.70 bits per heavy atom. The zero-order valence-electron chi connectivity index (χ0n) is 10.6. The minimum absolute atomic E-state index is 0. The molecular weight excluding hydrogens is 340 g/mol. The van der Waals surface area contributed by atoms with Crippen molar-refractivity contribution in [3.8, 4) is 17.3 Å². The van der Waals surface area contributed by atoms with Gasteiger partial charge in [-0.2, -0.15) is 5.26 Å². The molecule has 6 heteroatoms. The summed E-state index contributed by atoms with van der Waals surface area (Å²) >= 11 is 3.43. The number of rotatable bonds is 2. The van der Waals surface area contributed by atoms with E-state index in [-0.39, 0.29) is 24.4 Å². The van der Waals surface area contributed by atoms with Crippen LogP contribution in [0.1, 0.15) is 18.3 Å². The van der Waals surface area contributed by atoms with E-state index in [1.807, 2.05) is 30.5 Å². The molecule has 0 bridgehead atoms. The van der Waals surface area contributed by atoms with Gasteiger partial charge in [0.05, 0.1) is 29.9 Å². The molecule has 104 valence electrons. The molecule has 1 saturated heterocycles. The van der Waals surface area contributed by atoms with Crippen molar-refractivity contribution in [1.29, 1.82) is 5.26 Å². The molecule has 2 heterocycles. The lowest BCUT2D eigenvalue weighted by molar-refractivity contribution is 0.605. The van der Waals surface area contributed by atoms with E-state index in [0.717, 1.165) is 34.5 Å². The van der Waals surface area contributed by atoms with Gasteiger partial charge in [0.25, 0.3) is 0 Å². The van der Waals surface area contributed by atoms with Crippen LogP contribution in [-0.2, 0) is 0 Å². The monoisotopic (exact) mass is 352 g/mol. The van der Waals surface area contributed by atoms with E-state index >= 15 is 0 Å². The fourth-order valence-electron chi connectivity index (χ4n) is 2.33. The highest BCUT2D eigenvalue weighted by Gasteiger charge is 2.27. The van der Waals surface area contributed by atoms with Crippen molar-refractivity contribution in [2.75, 3.05) is 6.54 Å². The molecule has 0 spiro atoms. The Morgan fingerprint density at radius 2 is 2.05 bits per heavy atom. The standard InChI is InChI=1S/C14H13BrN4.ClH/c15-11-3-1-10(2-4-11)13-8-18-14(19-13)12-5-9(6-16)7-17-12;/h1-4,8-9,12,17H,5,7H2,(H,18,19);1H/t9-,12-;/m0./s1.